The monoisotopic (exact) mass is 368 g/mol. The molecule has 0 aliphatic carbocycles. The highest BCUT2D eigenvalue weighted by molar-refractivity contribution is 7.14. The Morgan fingerprint density at radius 3 is 2.33 bits per heavy atom. The molecule has 0 spiro atoms. The predicted octanol–water partition coefficient (Wildman–Crippen LogP) is 3.11. The van der Waals surface area contributed by atoms with Crippen LogP contribution < -0.4 is 16.4 Å². The van der Waals surface area contributed by atoms with Crippen molar-refractivity contribution in [1.82, 2.24) is 4.98 Å². The van der Waals surface area contributed by atoms with Gasteiger partial charge < -0.3 is 16.4 Å². The van der Waals surface area contributed by atoms with Gasteiger partial charge in [-0.15, -0.1) is 23.7 Å². The van der Waals surface area contributed by atoms with Crippen LogP contribution in [-0.4, -0.2) is 22.8 Å². The van der Waals surface area contributed by atoms with Crippen molar-refractivity contribution in [3.63, 3.8) is 0 Å². The average Bonchev–Trinajstić information content (AvgIpc) is 2.94. The molecule has 1 aromatic heterocycles. The molecule has 2 aromatic rings. The molecule has 0 aliphatic heterocycles. The van der Waals surface area contributed by atoms with Crippen LogP contribution in [0.25, 0.3) is 11.3 Å². The van der Waals surface area contributed by atoms with E-state index in [1.165, 1.54) is 18.3 Å². The summed E-state index contributed by atoms with van der Waals surface area (Å²) in [6.45, 7) is 5.26. The fourth-order valence-electron chi connectivity index (χ4n) is 1.88. The number of rotatable bonds is 5. The molecule has 130 valence electrons. The molecule has 24 heavy (non-hydrogen) atoms. The van der Waals surface area contributed by atoms with Crippen molar-refractivity contribution in [2.24, 2.45) is 11.7 Å². The van der Waals surface area contributed by atoms with E-state index >= 15 is 0 Å². The van der Waals surface area contributed by atoms with Crippen molar-refractivity contribution >= 4 is 46.4 Å². The molecular formula is C16H21ClN4O2S. The standard InChI is InChI=1S/C16H20N4O2S.ClH/c1-9(2)14(17)15(22)20-16-19-13(8-23-16)11-4-6-12(7-5-11)18-10(3)21;/h4-9,14H,17H2,1-3H3,(H,18,21)(H,19,20,22);1H. The number of amides is 2. The summed E-state index contributed by atoms with van der Waals surface area (Å²) in [7, 11) is 0. The van der Waals surface area contributed by atoms with Crippen LogP contribution in [0.15, 0.2) is 29.6 Å². The van der Waals surface area contributed by atoms with Crippen molar-refractivity contribution in [3.05, 3.63) is 29.6 Å². The number of hydrogen-bond donors (Lipinski definition) is 3. The fourth-order valence-corrected chi connectivity index (χ4v) is 2.61. The third-order valence-electron chi connectivity index (χ3n) is 3.26. The van der Waals surface area contributed by atoms with Gasteiger partial charge in [0.15, 0.2) is 5.13 Å². The lowest BCUT2D eigenvalue weighted by atomic mass is 10.1. The van der Waals surface area contributed by atoms with E-state index in [0.29, 0.717) is 5.13 Å². The van der Waals surface area contributed by atoms with Gasteiger partial charge in [0.2, 0.25) is 11.8 Å². The van der Waals surface area contributed by atoms with Gasteiger partial charge in [0.1, 0.15) is 0 Å². The number of nitrogens with zero attached hydrogens (tertiary/aromatic N) is 1. The molecule has 8 heteroatoms. The first kappa shape index (κ1) is 20.1. The Balaban J connectivity index is 0.00000288. The van der Waals surface area contributed by atoms with E-state index in [-0.39, 0.29) is 30.1 Å². The lowest BCUT2D eigenvalue weighted by Crippen LogP contribution is -2.39. The summed E-state index contributed by atoms with van der Waals surface area (Å²) in [6, 6.07) is 6.79. The van der Waals surface area contributed by atoms with Crippen molar-refractivity contribution in [1.29, 1.82) is 0 Å². The number of carbonyl (C=O) groups is 2. The Labute approximate surface area is 151 Å². The number of hydrogen-bond acceptors (Lipinski definition) is 5. The minimum atomic E-state index is -0.556. The maximum Gasteiger partial charge on any atom is 0.243 e. The van der Waals surface area contributed by atoms with Crippen LogP contribution in [0.3, 0.4) is 0 Å². The SMILES string of the molecule is CC(=O)Nc1ccc(-c2csc(NC(=O)C(N)C(C)C)n2)cc1.Cl. The van der Waals surface area contributed by atoms with Crippen LogP contribution in [-0.2, 0) is 9.59 Å². The van der Waals surface area contributed by atoms with Gasteiger partial charge in [-0.05, 0) is 18.1 Å². The fraction of sp³-hybridized carbons (Fsp3) is 0.312. The number of halogens is 1. The number of nitrogens with one attached hydrogen (secondary N) is 2. The van der Waals surface area contributed by atoms with Gasteiger partial charge >= 0.3 is 0 Å². The Morgan fingerprint density at radius 1 is 1.17 bits per heavy atom. The van der Waals surface area contributed by atoms with E-state index in [1.54, 1.807) is 0 Å². The van der Waals surface area contributed by atoms with Crippen LogP contribution in [0.5, 0.6) is 0 Å². The Hall–Kier alpha value is -1.96. The Kier molecular flexibility index (Phi) is 7.34. The van der Waals surface area contributed by atoms with Crippen molar-refractivity contribution in [3.8, 4) is 11.3 Å². The average molecular weight is 369 g/mol. The first-order valence-electron chi connectivity index (χ1n) is 7.27. The van der Waals surface area contributed by atoms with E-state index in [9.17, 15) is 9.59 Å². The zero-order chi connectivity index (χ0) is 17.0. The van der Waals surface area contributed by atoms with Crippen LogP contribution >= 0.6 is 23.7 Å². The molecule has 0 saturated heterocycles. The molecule has 1 aromatic carbocycles. The number of carbonyl (C=O) groups excluding carboxylic acids is 2. The molecular weight excluding hydrogens is 348 g/mol. The maximum atomic E-state index is 11.9. The minimum Gasteiger partial charge on any atom is -0.326 e. The molecule has 0 bridgehead atoms. The predicted molar refractivity (Wildman–Crippen MR) is 101 cm³/mol. The molecule has 1 unspecified atom stereocenters. The molecule has 0 fully saturated rings. The molecule has 0 saturated carbocycles. The number of anilines is 2. The van der Waals surface area contributed by atoms with Gasteiger partial charge in [0.05, 0.1) is 11.7 Å². The largest absolute Gasteiger partial charge is 0.326 e. The van der Waals surface area contributed by atoms with E-state index in [1.807, 2.05) is 43.5 Å². The van der Waals surface area contributed by atoms with Crippen molar-refractivity contribution in [2.75, 3.05) is 10.6 Å². The molecule has 1 heterocycles. The van der Waals surface area contributed by atoms with Crippen LogP contribution in [0.1, 0.15) is 20.8 Å². The highest BCUT2D eigenvalue weighted by Crippen LogP contribution is 2.26. The van der Waals surface area contributed by atoms with Gasteiger partial charge in [0.25, 0.3) is 0 Å². The summed E-state index contributed by atoms with van der Waals surface area (Å²) in [5, 5.41) is 7.83. The summed E-state index contributed by atoms with van der Waals surface area (Å²) < 4.78 is 0. The summed E-state index contributed by atoms with van der Waals surface area (Å²) in [4.78, 5) is 27.3. The second-order valence-corrected chi connectivity index (χ2v) is 6.41. The summed E-state index contributed by atoms with van der Waals surface area (Å²) in [5.41, 5.74) is 8.21. The van der Waals surface area contributed by atoms with Gasteiger partial charge in [-0.2, -0.15) is 0 Å². The van der Waals surface area contributed by atoms with Crippen LogP contribution in [0.4, 0.5) is 10.8 Å². The van der Waals surface area contributed by atoms with Crippen LogP contribution in [0.2, 0.25) is 0 Å². The number of benzene rings is 1. The third kappa shape index (κ3) is 5.30. The van der Waals surface area contributed by atoms with Gasteiger partial charge in [-0.25, -0.2) is 4.98 Å². The Morgan fingerprint density at radius 2 is 1.79 bits per heavy atom. The highest BCUT2D eigenvalue weighted by atomic mass is 35.5. The molecule has 0 aliphatic rings. The minimum absolute atomic E-state index is 0. The summed E-state index contributed by atoms with van der Waals surface area (Å²) in [6.07, 6.45) is 0. The first-order valence-corrected chi connectivity index (χ1v) is 8.15. The lowest BCUT2D eigenvalue weighted by molar-refractivity contribution is -0.118. The van der Waals surface area contributed by atoms with E-state index < -0.39 is 6.04 Å². The van der Waals surface area contributed by atoms with Gasteiger partial charge in [-0.1, -0.05) is 26.0 Å². The second kappa shape index (κ2) is 8.77. The van der Waals surface area contributed by atoms with Gasteiger partial charge in [0, 0.05) is 23.6 Å². The lowest BCUT2D eigenvalue weighted by Gasteiger charge is -2.13. The van der Waals surface area contributed by atoms with Crippen LogP contribution in [0, 0.1) is 5.92 Å². The quantitative estimate of drug-likeness (QED) is 0.755. The second-order valence-electron chi connectivity index (χ2n) is 5.56. The zero-order valence-corrected chi connectivity index (χ0v) is 15.3. The molecule has 6 nitrogen and oxygen atoms in total. The molecule has 2 amide bonds. The molecule has 4 N–H and O–H groups in total. The smallest absolute Gasteiger partial charge is 0.243 e. The summed E-state index contributed by atoms with van der Waals surface area (Å²) >= 11 is 1.35. The van der Waals surface area contributed by atoms with Crippen molar-refractivity contribution < 1.29 is 9.59 Å². The van der Waals surface area contributed by atoms with Gasteiger partial charge in [-0.3, -0.25) is 9.59 Å². The normalized spacial score (nSPS) is 11.5. The van der Waals surface area contributed by atoms with Crippen molar-refractivity contribution in [2.45, 2.75) is 26.8 Å². The van der Waals surface area contributed by atoms with E-state index in [4.69, 9.17) is 5.73 Å². The number of thiazole rings is 1. The molecule has 0 radical (unpaired) electrons. The molecule has 2 rings (SSSR count). The topological polar surface area (TPSA) is 97.1 Å². The number of nitrogens with two attached hydrogens (primary N) is 1. The van der Waals surface area contributed by atoms with E-state index in [2.05, 4.69) is 15.6 Å². The highest BCUT2D eigenvalue weighted by Gasteiger charge is 2.18. The maximum absolute atomic E-state index is 11.9. The van der Waals surface area contributed by atoms with E-state index in [0.717, 1.165) is 16.9 Å². The molecule has 1 atom stereocenters. The Bertz CT molecular complexity index is 700. The third-order valence-corrected chi connectivity index (χ3v) is 4.01. The summed E-state index contributed by atoms with van der Waals surface area (Å²) in [5.74, 6) is -0.282. The number of aromatic nitrogens is 1. The first-order chi connectivity index (χ1) is 10.9. The zero-order valence-electron chi connectivity index (χ0n) is 13.7.